The average molecular weight is 357 g/mol. The molecule has 0 heterocycles. The first-order chi connectivity index (χ1) is 11.0. The predicted molar refractivity (Wildman–Crippen MR) is 107 cm³/mol. The van der Waals surface area contributed by atoms with Crippen molar-refractivity contribution in [1.29, 1.82) is 0 Å². The highest BCUT2D eigenvalue weighted by molar-refractivity contribution is 7.44. The zero-order valence-corrected chi connectivity index (χ0v) is 15.6. The minimum atomic E-state index is -2.00. The summed E-state index contributed by atoms with van der Waals surface area (Å²) in [6.45, 7) is 0.00256. The number of hydrogen-bond acceptors (Lipinski definition) is 0. The number of rotatable bonds is 4. The van der Waals surface area contributed by atoms with E-state index in [0.717, 1.165) is 18.9 Å². The molecule has 3 heteroatoms. The zero-order chi connectivity index (χ0) is 16.0. The van der Waals surface area contributed by atoms with E-state index in [1.807, 2.05) is 6.55 Å². The molecule has 4 rings (SSSR count). The van der Waals surface area contributed by atoms with Gasteiger partial charge in [0.1, 0.15) is 0 Å². The predicted octanol–water partition coefficient (Wildman–Crippen LogP) is 7.07. The van der Waals surface area contributed by atoms with Gasteiger partial charge in [0.25, 0.3) is 0 Å². The maximum atomic E-state index is 6.25. The zero-order valence-electron chi connectivity index (χ0n) is 13.1. The van der Waals surface area contributed by atoms with E-state index in [9.17, 15) is 0 Å². The van der Waals surface area contributed by atoms with Crippen LogP contribution in [0.1, 0.15) is 12.0 Å². The lowest BCUT2D eigenvalue weighted by Gasteiger charge is -2.15. The maximum Gasteiger partial charge on any atom is 0.248 e. The number of hydrogen-bond donors (Lipinski definition) is 0. The van der Waals surface area contributed by atoms with Crippen molar-refractivity contribution in [3.05, 3.63) is 60.2 Å². The highest BCUT2D eigenvalue weighted by atomic mass is 35.7. The Morgan fingerprint density at radius 1 is 0.783 bits per heavy atom. The average Bonchev–Trinajstić information content (AvgIpc) is 2.52. The van der Waals surface area contributed by atoms with Crippen molar-refractivity contribution in [3.63, 3.8) is 0 Å². The number of aryl methyl sites for hydroxylation is 1. The van der Waals surface area contributed by atoms with Crippen LogP contribution in [0.15, 0.2) is 54.6 Å². The van der Waals surface area contributed by atoms with Gasteiger partial charge in [0.05, 0.1) is 0 Å². The van der Waals surface area contributed by atoms with Gasteiger partial charge in [0.15, 0.2) is 0 Å². The van der Waals surface area contributed by atoms with Gasteiger partial charge >= 0.3 is 0 Å². The van der Waals surface area contributed by atoms with Gasteiger partial charge in [0, 0.05) is 0 Å². The molecule has 0 amide bonds. The summed E-state index contributed by atoms with van der Waals surface area (Å²) in [5.74, 6) is 0. The lowest BCUT2D eigenvalue weighted by Crippen LogP contribution is -2.12. The van der Waals surface area contributed by atoms with Crippen molar-refractivity contribution in [2.75, 3.05) is 0 Å². The van der Waals surface area contributed by atoms with E-state index < -0.39 is 6.69 Å². The molecular weight excluding hydrogens is 339 g/mol. The summed E-state index contributed by atoms with van der Waals surface area (Å²) in [5, 5.41) is 8.12. The first-order valence-corrected chi connectivity index (χ1v) is 12.8. The van der Waals surface area contributed by atoms with Gasteiger partial charge < -0.3 is 0 Å². The molecule has 0 fully saturated rings. The molecule has 0 saturated carbocycles. The Hall–Kier alpha value is -1.28. The number of halogens is 2. The Morgan fingerprint density at radius 3 is 2.09 bits per heavy atom. The van der Waals surface area contributed by atoms with Crippen LogP contribution >= 0.6 is 22.2 Å². The van der Waals surface area contributed by atoms with Crippen LogP contribution in [0.2, 0.25) is 12.6 Å². The summed E-state index contributed by atoms with van der Waals surface area (Å²) in [6, 6.07) is 21.0. The molecule has 0 saturated heterocycles. The smallest absolute Gasteiger partial charge is 0.146 e. The van der Waals surface area contributed by atoms with E-state index in [1.54, 1.807) is 0 Å². The normalized spacial score (nSPS) is 12.7. The van der Waals surface area contributed by atoms with Crippen molar-refractivity contribution in [1.82, 2.24) is 0 Å². The minimum Gasteiger partial charge on any atom is -0.146 e. The summed E-state index contributed by atoms with van der Waals surface area (Å²) >= 11 is 12.5. The summed E-state index contributed by atoms with van der Waals surface area (Å²) in [4.78, 5) is 0. The molecule has 0 spiro atoms. The molecule has 0 N–H and O–H groups in total. The van der Waals surface area contributed by atoms with Crippen molar-refractivity contribution in [2.24, 2.45) is 0 Å². The second-order valence-electron chi connectivity index (χ2n) is 6.50. The van der Waals surface area contributed by atoms with E-state index in [2.05, 4.69) is 54.6 Å². The molecule has 0 nitrogen and oxygen atoms in total. The largest absolute Gasteiger partial charge is 0.248 e. The summed E-state index contributed by atoms with van der Waals surface area (Å²) in [5.41, 5.74) is 1.40. The van der Waals surface area contributed by atoms with Crippen LogP contribution in [-0.4, -0.2) is 6.69 Å². The van der Waals surface area contributed by atoms with E-state index in [4.69, 9.17) is 22.2 Å². The Labute approximate surface area is 146 Å². The van der Waals surface area contributed by atoms with Gasteiger partial charge in [0.2, 0.25) is 6.69 Å². The molecular formula is C20H18Cl2Si. The van der Waals surface area contributed by atoms with E-state index in [1.165, 1.54) is 37.9 Å². The second-order valence-corrected chi connectivity index (χ2v) is 14.7. The van der Waals surface area contributed by atoms with Crippen molar-refractivity contribution < 1.29 is 0 Å². The molecule has 116 valence electrons. The molecule has 0 radical (unpaired) electrons. The highest BCUT2D eigenvalue weighted by Gasteiger charge is 2.20. The molecule has 0 bridgehead atoms. The van der Waals surface area contributed by atoms with Crippen LogP contribution in [0, 0.1) is 0 Å². The molecule has 4 aromatic carbocycles. The van der Waals surface area contributed by atoms with Gasteiger partial charge in [-0.2, -0.15) is 0 Å². The van der Waals surface area contributed by atoms with Crippen LogP contribution in [0.3, 0.4) is 0 Å². The lowest BCUT2D eigenvalue weighted by molar-refractivity contribution is 0.919. The van der Waals surface area contributed by atoms with E-state index in [-0.39, 0.29) is 0 Å². The van der Waals surface area contributed by atoms with Gasteiger partial charge in [-0.1, -0.05) is 54.6 Å². The van der Waals surface area contributed by atoms with Crippen molar-refractivity contribution in [3.8, 4) is 0 Å². The molecule has 0 atom stereocenters. The molecule has 0 aromatic heterocycles. The monoisotopic (exact) mass is 356 g/mol. The third kappa shape index (κ3) is 2.82. The molecule has 4 aromatic rings. The highest BCUT2D eigenvalue weighted by Crippen LogP contribution is 2.36. The van der Waals surface area contributed by atoms with E-state index >= 15 is 0 Å². The fourth-order valence-corrected chi connectivity index (χ4v) is 5.20. The SMILES string of the molecule is C[Si](Cl)(Cl)CCCc1ccc2ccc3cccc4ccc1c2c34. The molecule has 23 heavy (non-hydrogen) atoms. The van der Waals surface area contributed by atoms with Crippen molar-refractivity contribution in [2.45, 2.75) is 25.4 Å². The molecule has 0 aliphatic rings. The fraction of sp³-hybridized carbons (Fsp3) is 0.200. The molecule has 0 aliphatic carbocycles. The molecule has 0 aliphatic heterocycles. The van der Waals surface area contributed by atoms with Gasteiger partial charge in [-0.25, -0.2) is 0 Å². The lowest BCUT2D eigenvalue weighted by atomic mass is 9.91. The standard InChI is InChI=1S/C20H18Cl2Si/c1-23(21,22)13-3-6-14-7-8-17-10-9-15-4-2-5-16-11-12-18(14)20(17)19(15)16/h2,4-5,7-12H,3,6,13H2,1H3. The third-order valence-electron chi connectivity index (χ3n) is 4.68. The first-order valence-electron chi connectivity index (χ1n) is 8.06. The summed E-state index contributed by atoms with van der Waals surface area (Å²) < 4.78 is 0. The van der Waals surface area contributed by atoms with Crippen LogP contribution in [0.5, 0.6) is 0 Å². The second kappa shape index (κ2) is 5.66. The Bertz CT molecular complexity index is 970. The quantitative estimate of drug-likeness (QED) is 0.208. The summed E-state index contributed by atoms with van der Waals surface area (Å²) in [7, 11) is 0. The van der Waals surface area contributed by atoms with Crippen LogP contribution < -0.4 is 0 Å². The Morgan fingerprint density at radius 2 is 1.39 bits per heavy atom. The summed E-state index contributed by atoms with van der Waals surface area (Å²) in [6.07, 6.45) is 2.09. The van der Waals surface area contributed by atoms with Crippen LogP contribution in [0.25, 0.3) is 32.3 Å². The maximum absolute atomic E-state index is 6.25. The van der Waals surface area contributed by atoms with Gasteiger partial charge in [-0.3, -0.25) is 0 Å². The van der Waals surface area contributed by atoms with Crippen molar-refractivity contribution >= 4 is 61.2 Å². The Balaban J connectivity index is 1.86. The Kier molecular flexibility index (Phi) is 3.76. The third-order valence-corrected chi connectivity index (χ3v) is 7.05. The first kappa shape index (κ1) is 15.3. The fourth-order valence-electron chi connectivity index (χ4n) is 3.60. The van der Waals surface area contributed by atoms with E-state index in [0.29, 0.717) is 0 Å². The van der Waals surface area contributed by atoms with Crippen LogP contribution in [-0.2, 0) is 6.42 Å². The van der Waals surface area contributed by atoms with Gasteiger partial charge in [-0.05, 0) is 63.3 Å². The minimum absolute atomic E-state index is 0.943. The van der Waals surface area contributed by atoms with Gasteiger partial charge in [-0.15, -0.1) is 22.2 Å². The molecule has 0 unspecified atom stereocenters. The van der Waals surface area contributed by atoms with Crippen LogP contribution in [0.4, 0.5) is 0 Å². The number of benzene rings is 4. The topological polar surface area (TPSA) is 0 Å².